The maximum Gasteiger partial charge on any atom is 0.260 e. The maximum absolute atomic E-state index is 13.4. The van der Waals surface area contributed by atoms with Crippen LogP contribution in [-0.2, 0) is 22.6 Å². The highest BCUT2D eigenvalue weighted by Crippen LogP contribution is 2.12. The van der Waals surface area contributed by atoms with Gasteiger partial charge in [0.25, 0.3) is 5.91 Å². The van der Waals surface area contributed by atoms with Crippen molar-refractivity contribution < 1.29 is 18.7 Å². The lowest BCUT2D eigenvalue weighted by atomic mass is 10.1. The third kappa shape index (κ3) is 7.65. The SMILES string of the molecule is O=C(COc1ccccc1)N1CCN(CCN(Cc2ccc(F)cc2)C(=O)Cc2ccccc2)CC1. The van der Waals surface area contributed by atoms with Gasteiger partial charge in [-0.2, -0.15) is 0 Å². The molecule has 188 valence electrons. The summed E-state index contributed by atoms with van der Waals surface area (Å²) in [7, 11) is 0. The van der Waals surface area contributed by atoms with Gasteiger partial charge in [0, 0.05) is 45.8 Å². The zero-order chi connectivity index (χ0) is 25.2. The lowest BCUT2D eigenvalue weighted by molar-refractivity contribution is -0.135. The van der Waals surface area contributed by atoms with Gasteiger partial charge in [-0.15, -0.1) is 0 Å². The fraction of sp³-hybridized carbons (Fsp3) is 0.310. The minimum Gasteiger partial charge on any atom is -0.484 e. The van der Waals surface area contributed by atoms with Crippen molar-refractivity contribution in [2.75, 3.05) is 45.9 Å². The Morgan fingerprint density at radius 2 is 1.44 bits per heavy atom. The molecule has 7 heteroatoms. The van der Waals surface area contributed by atoms with E-state index in [1.165, 1.54) is 12.1 Å². The predicted molar refractivity (Wildman–Crippen MR) is 137 cm³/mol. The Morgan fingerprint density at radius 1 is 0.806 bits per heavy atom. The van der Waals surface area contributed by atoms with Crippen LogP contribution >= 0.6 is 0 Å². The van der Waals surface area contributed by atoms with Crippen molar-refractivity contribution in [1.82, 2.24) is 14.7 Å². The largest absolute Gasteiger partial charge is 0.484 e. The molecule has 1 aliphatic heterocycles. The number of amides is 2. The normalized spacial score (nSPS) is 13.9. The molecule has 0 unspecified atom stereocenters. The van der Waals surface area contributed by atoms with Crippen molar-refractivity contribution >= 4 is 11.8 Å². The van der Waals surface area contributed by atoms with Crippen molar-refractivity contribution in [3.63, 3.8) is 0 Å². The summed E-state index contributed by atoms with van der Waals surface area (Å²) in [6.45, 7) is 4.49. The fourth-order valence-corrected chi connectivity index (χ4v) is 4.22. The molecule has 3 aromatic rings. The highest BCUT2D eigenvalue weighted by Gasteiger charge is 2.23. The fourth-order valence-electron chi connectivity index (χ4n) is 4.22. The van der Waals surface area contributed by atoms with Crippen molar-refractivity contribution in [3.05, 3.63) is 102 Å². The highest BCUT2D eigenvalue weighted by molar-refractivity contribution is 5.79. The Hall–Kier alpha value is -3.71. The van der Waals surface area contributed by atoms with Crippen LogP contribution in [0.3, 0.4) is 0 Å². The zero-order valence-electron chi connectivity index (χ0n) is 20.4. The van der Waals surface area contributed by atoms with Crippen molar-refractivity contribution in [2.24, 2.45) is 0 Å². The van der Waals surface area contributed by atoms with Crippen LogP contribution in [0.4, 0.5) is 4.39 Å². The van der Waals surface area contributed by atoms with Gasteiger partial charge < -0.3 is 14.5 Å². The molecule has 36 heavy (non-hydrogen) atoms. The average Bonchev–Trinajstić information content (AvgIpc) is 2.92. The van der Waals surface area contributed by atoms with Crippen LogP contribution in [0.15, 0.2) is 84.9 Å². The number of nitrogens with zero attached hydrogens (tertiary/aromatic N) is 3. The summed E-state index contributed by atoms with van der Waals surface area (Å²) >= 11 is 0. The molecule has 6 nitrogen and oxygen atoms in total. The molecule has 1 saturated heterocycles. The molecule has 0 N–H and O–H groups in total. The Kier molecular flexibility index (Phi) is 9.05. The minimum atomic E-state index is -0.289. The van der Waals surface area contributed by atoms with Crippen LogP contribution in [0.25, 0.3) is 0 Å². The zero-order valence-corrected chi connectivity index (χ0v) is 20.4. The molecule has 1 fully saturated rings. The predicted octanol–water partition coefficient (Wildman–Crippen LogP) is 3.62. The van der Waals surface area contributed by atoms with E-state index in [9.17, 15) is 14.0 Å². The number of hydrogen-bond acceptors (Lipinski definition) is 4. The molecule has 0 saturated carbocycles. The van der Waals surface area contributed by atoms with Crippen LogP contribution in [0.2, 0.25) is 0 Å². The number of para-hydroxylation sites is 1. The number of ether oxygens (including phenoxy) is 1. The molecular formula is C29H32FN3O3. The molecule has 0 bridgehead atoms. The van der Waals surface area contributed by atoms with Crippen LogP contribution in [0.1, 0.15) is 11.1 Å². The van der Waals surface area contributed by atoms with Crippen molar-refractivity contribution in [3.8, 4) is 5.75 Å². The van der Waals surface area contributed by atoms with Gasteiger partial charge >= 0.3 is 0 Å². The lowest BCUT2D eigenvalue weighted by Crippen LogP contribution is -2.51. The van der Waals surface area contributed by atoms with Gasteiger partial charge in [-0.3, -0.25) is 14.5 Å². The Labute approximate surface area is 211 Å². The molecule has 0 aromatic heterocycles. The summed E-state index contributed by atoms with van der Waals surface area (Å²) in [6, 6.07) is 25.3. The smallest absolute Gasteiger partial charge is 0.260 e. The quantitative estimate of drug-likeness (QED) is 0.437. The molecule has 0 spiro atoms. The summed E-state index contributed by atoms with van der Waals surface area (Å²) in [6.07, 6.45) is 0.325. The average molecular weight is 490 g/mol. The van der Waals surface area contributed by atoms with Gasteiger partial charge in [0.15, 0.2) is 6.61 Å². The van der Waals surface area contributed by atoms with E-state index in [2.05, 4.69) is 4.90 Å². The van der Waals surface area contributed by atoms with E-state index in [1.54, 1.807) is 12.1 Å². The van der Waals surface area contributed by atoms with E-state index in [-0.39, 0.29) is 24.2 Å². The van der Waals surface area contributed by atoms with E-state index in [1.807, 2.05) is 70.5 Å². The summed E-state index contributed by atoms with van der Waals surface area (Å²) in [5, 5.41) is 0. The summed E-state index contributed by atoms with van der Waals surface area (Å²) in [5.41, 5.74) is 1.86. The van der Waals surface area contributed by atoms with Gasteiger partial charge in [0.05, 0.1) is 6.42 Å². The topological polar surface area (TPSA) is 53.1 Å². The summed E-state index contributed by atoms with van der Waals surface area (Å²) < 4.78 is 19.0. The van der Waals surface area contributed by atoms with E-state index < -0.39 is 0 Å². The first-order chi connectivity index (χ1) is 17.6. The Bertz CT molecular complexity index is 1100. The Morgan fingerprint density at radius 3 is 2.11 bits per heavy atom. The molecule has 0 aliphatic carbocycles. The maximum atomic E-state index is 13.4. The number of carbonyl (C=O) groups is 2. The van der Waals surface area contributed by atoms with E-state index in [0.29, 0.717) is 44.9 Å². The highest BCUT2D eigenvalue weighted by atomic mass is 19.1. The molecule has 2 amide bonds. The van der Waals surface area contributed by atoms with Crippen LogP contribution < -0.4 is 4.74 Å². The first kappa shape index (κ1) is 25.4. The second kappa shape index (κ2) is 12.8. The van der Waals surface area contributed by atoms with Gasteiger partial charge in [0.1, 0.15) is 11.6 Å². The van der Waals surface area contributed by atoms with E-state index >= 15 is 0 Å². The second-order valence-electron chi connectivity index (χ2n) is 8.93. The second-order valence-corrected chi connectivity index (χ2v) is 8.93. The lowest BCUT2D eigenvalue weighted by Gasteiger charge is -2.36. The molecule has 4 rings (SSSR count). The number of carbonyl (C=O) groups excluding carboxylic acids is 2. The summed E-state index contributed by atoms with van der Waals surface area (Å²) in [4.78, 5) is 31.6. The number of benzene rings is 3. The minimum absolute atomic E-state index is 0.0190. The first-order valence-corrected chi connectivity index (χ1v) is 12.3. The van der Waals surface area contributed by atoms with E-state index in [0.717, 1.165) is 24.2 Å². The first-order valence-electron chi connectivity index (χ1n) is 12.3. The standard InChI is InChI=1S/C29H32FN3O3/c30-26-13-11-25(12-14-26)22-33(28(34)21-24-7-3-1-4-8-24)20-17-31-15-18-32(19-16-31)29(35)23-36-27-9-5-2-6-10-27/h1-14H,15-23H2. The van der Waals surface area contributed by atoms with Gasteiger partial charge in [-0.05, 0) is 35.4 Å². The van der Waals surface area contributed by atoms with E-state index in [4.69, 9.17) is 4.74 Å². The van der Waals surface area contributed by atoms with Crippen molar-refractivity contribution in [2.45, 2.75) is 13.0 Å². The third-order valence-corrected chi connectivity index (χ3v) is 6.35. The van der Waals surface area contributed by atoms with Crippen LogP contribution in [0.5, 0.6) is 5.75 Å². The van der Waals surface area contributed by atoms with Gasteiger partial charge in [-0.1, -0.05) is 60.7 Å². The monoisotopic (exact) mass is 489 g/mol. The molecule has 1 heterocycles. The molecule has 1 aliphatic rings. The van der Waals surface area contributed by atoms with Gasteiger partial charge in [0.2, 0.25) is 5.91 Å². The molecule has 3 aromatic carbocycles. The Balaban J connectivity index is 1.28. The molecule has 0 atom stereocenters. The molecular weight excluding hydrogens is 457 g/mol. The number of piperazine rings is 1. The number of rotatable bonds is 10. The third-order valence-electron chi connectivity index (χ3n) is 6.35. The summed E-state index contributed by atoms with van der Waals surface area (Å²) in [5.74, 6) is 0.417. The van der Waals surface area contributed by atoms with Crippen LogP contribution in [-0.4, -0.2) is 72.4 Å². The van der Waals surface area contributed by atoms with Crippen molar-refractivity contribution in [1.29, 1.82) is 0 Å². The number of hydrogen-bond donors (Lipinski definition) is 0. The van der Waals surface area contributed by atoms with Gasteiger partial charge in [-0.25, -0.2) is 4.39 Å². The van der Waals surface area contributed by atoms with Crippen LogP contribution in [0, 0.1) is 5.82 Å². The molecule has 0 radical (unpaired) electrons. The number of halogens is 1.